The van der Waals surface area contributed by atoms with Crippen molar-refractivity contribution in [1.82, 2.24) is 9.88 Å². The van der Waals surface area contributed by atoms with Crippen LogP contribution in [0.5, 0.6) is 0 Å². The lowest BCUT2D eigenvalue weighted by atomic mass is 10.2. The molecule has 0 N–H and O–H groups in total. The lowest BCUT2D eigenvalue weighted by molar-refractivity contribution is 0.151. The summed E-state index contributed by atoms with van der Waals surface area (Å²) in [6.07, 6.45) is 1.66. The third kappa shape index (κ3) is 4.74. The number of aryl methyl sites for hydroxylation is 2. The summed E-state index contributed by atoms with van der Waals surface area (Å²) in [5.74, 6) is 0.607. The number of thiazole rings is 1. The standard InChI is InChI=1S/C14H24N2O3S2/c1-11-14(20-12(2)15-11)9-16(6-4-7-19-3)13-5-8-21(17,18)10-13/h13H,4-10H2,1-3H3. The van der Waals surface area contributed by atoms with E-state index >= 15 is 0 Å². The molecule has 2 heterocycles. The molecular weight excluding hydrogens is 308 g/mol. The SMILES string of the molecule is COCCCN(Cc1sc(C)nc1C)C1CCS(=O)(=O)C1. The Hall–Kier alpha value is -0.500. The van der Waals surface area contributed by atoms with Crippen LogP contribution in [0.1, 0.15) is 28.4 Å². The Bertz CT molecular complexity index is 569. The maximum absolute atomic E-state index is 11.7. The number of hydrogen-bond donors (Lipinski definition) is 0. The summed E-state index contributed by atoms with van der Waals surface area (Å²) in [5, 5.41) is 1.07. The van der Waals surface area contributed by atoms with Crippen LogP contribution in [-0.4, -0.2) is 56.1 Å². The Balaban J connectivity index is 2.06. The van der Waals surface area contributed by atoms with Crippen molar-refractivity contribution in [2.75, 3.05) is 31.8 Å². The molecule has 0 spiro atoms. The van der Waals surface area contributed by atoms with Gasteiger partial charge in [0.1, 0.15) is 0 Å². The highest BCUT2D eigenvalue weighted by molar-refractivity contribution is 7.91. The average Bonchev–Trinajstić information content (AvgIpc) is 2.91. The molecule has 0 aliphatic carbocycles. The predicted octanol–water partition coefficient (Wildman–Crippen LogP) is 1.79. The maximum Gasteiger partial charge on any atom is 0.151 e. The highest BCUT2D eigenvalue weighted by atomic mass is 32.2. The van der Waals surface area contributed by atoms with Crippen LogP contribution in [0.4, 0.5) is 0 Å². The number of aromatic nitrogens is 1. The van der Waals surface area contributed by atoms with Crippen LogP contribution in [0, 0.1) is 13.8 Å². The highest BCUT2D eigenvalue weighted by Gasteiger charge is 2.32. The molecule has 5 nitrogen and oxygen atoms in total. The summed E-state index contributed by atoms with van der Waals surface area (Å²) in [5.41, 5.74) is 1.06. The normalized spacial score (nSPS) is 21.2. The van der Waals surface area contributed by atoms with Gasteiger partial charge in [0.2, 0.25) is 0 Å². The zero-order chi connectivity index (χ0) is 15.5. The van der Waals surface area contributed by atoms with Crippen molar-refractivity contribution in [3.05, 3.63) is 15.6 Å². The van der Waals surface area contributed by atoms with Crippen molar-refractivity contribution in [2.24, 2.45) is 0 Å². The Morgan fingerprint density at radius 1 is 1.43 bits per heavy atom. The first-order valence-electron chi connectivity index (χ1n) is 7.27. The molecule has 1 aliphatic heterocycles. The minimum Gasteiger partial charge on any atom is -0.385 e. The average molecular weight is 332 g/mol. The van der Waals surface area contributed by atoms with E-state index in [1.165, 1.54) is 4.88 Å². The van der Waals surface area contributed by atoms with Gasteiger partial charge in [-0.2, -0.15) is 0 Å². The molecule has 1 fully saturated rings. The fourth-order valence-corrected chi connectivity index (χ4v) is 5.50. The van der Waals surface area contributed by atoms with E-state index in [4.69, 9.17) is 4.74 Å². The molecule has 0 radical (unpaired) electrons. The van der Waals surface area contributed by atoms with Crippen molar-refractivity contribution in [3.8, 4) is 0 Å². The van der Waals surface area contributed by atoms with Gasteiger partial charge < -0.3 is 4.74 Å². The Kier molecular flexibility index (Phi) is 5.76. The molecule has 2 rings (SSSR count). The van der Waals surface area contributed by atoms with Crippen molar-refractivity contribution in [1.29, 1.82) is 0 Å². The monoisotopic (exact) mass is 332 g/mol. The third-order valence-corrected chi connectivity index (χ3v) is 6.67. The maximum atomic E-state index is 11.7. The number of methoxy groups -OCH3 is 1. The van der Waals surface area contributed by atoms with Crippen LogP contribution in [0.25, 0.3) is 0 Å². The van der Waals surface area contributed by atoms with E-state index in [1.54, 1.807) is 18.4 Å². The summed E-state index contributed by atoms with van der Waals surface area (Å²) in [6.45, 7) is 6.40. The second-order valence-corrected chi connectivity index (χ2v) is 9.13. The zero-order valence-electron chi connectivity index (χ0n) is 13.0. The van der Waals surface area contributed by atoms with Crippen LogP contribution in [0.3, 0.4) is 0 Å². The number of rotatable bonds is 7. The molecular formula is C14H24N2O3S2. The van der Waals surface area contributed by atoms with Crippen LogP contribution >= 0.6 is 11.3 Å². The molecule has 0 bridgehead atoms. The van der Waals surface area contributed by atoms with Gasteiger partial charge in [0, 0.05) is 37.7 Å². The first-order valence-corrected chi connectivity index (χ1v) is 9.91. The summed E-state index contributed by atoms with van der Waals surface area (Å²) >= 11 is 1.71. The zero-order valence-corrected chi connectivity index (χ0v) is 14.6. The van der Waals surface area contributed by atoms with E-state index in [9.17, 15) is 8.42 Å². The molecule has 120 valence electrons. The largest absolute Gasteiger partial charge is 0.385 e. The molecule has 1 saturated heterocycles. The second kappa shape index (κ2) is 7.17. The molecule has 1 aromatic rings. The quantitative estimate of drug-likeness (QED) is 0.713. The minimum atomic E-state index is -2.85. The fourth-order valence-electron chi connectivity index (χ4n) is 2.77. The Labute approximate surface area is 131 Å². The third-order valence-electron chi connectivity index (χ3n) is 3.86. The molecule has 1 atom stereocenters. The van der Waals surface area contributed by atoms with Crippen molar-refractivity contribution in [2.45, 2.75) is 39.3 Å². The second-order valence-electron chi connectivity index (χ2n) is 5.62. The van der Waals surface area contributed by atoms with Gasteiger partial charge in [0.05, 0.1) is 22.2 Å². The number of sulfone groups is 1. The fraction of sp³-hybridized carbons (Fsp3) is 0.786. The van der Waals surface area contributed by atoms with Crippen molar-refractivity contribution >= 4 is 21.2 Å². The van der Waals surface area contributed by atoms with Crippen molar-refractivity contribution < 1.29 is 13.2 Å². The van der Waals surface area contributed by atoms with Gasteiger partial charge in [-0.05, 0) is 26.7 Å². The smallest absolute Gasteiger partial charge is 0.151 e. The van der Waals surface area contributed by atoms with E-state index in [0.29, 0.717) is 12.4 Å². The molecule has 0 aromatic carbocycles. The van der Waals surface area contributed by atoms with Gasteiger partial charge in [-0.1, -0.05) is 0 Å². The molecule has 7 heteroatoms. The van der Waals surface area contributed by atoms with Gasteiger partial charge in [-0.15, -0.1) is 11.3 Å². The lowest BCUT2D eigenvalue weighted by Gasteiger charge is -2.27. The van der Waals surface area contributed by atoms with E-state index < -0.39 is 9.84 Å². The van der Waals surface area contributed by atoms with Crippen LogP contribution in [0.2, 0.25) is 0 Å². The molecule has 1 unspecified atom stereocenters. The molecule has 0 saturated carbocycles. The number of hydrogen-bond acceptors (Lipinski definition) is 6. The van der Waals surface area contributed by atoms with Crippen LogP contribution in [0.15, 0.2) is 0 Å². The van der Waals surface area contributed by atoms with Crippen LogP contribution < -0.4 is 0 Å². The number of nitrogens with zero attached hydrogens (tertiary/aromatic N) is 2. The van der Waals surface area contributed by atoms with Gasteiger partial charge in [-0.25, -0.2) is 13.4 Å². The molecule has 1 aromatic heterocycles. The molecule has 21 heavy (non-hydrogen) atoms. The van der Waals surface area contributed by atoms with E-state index in [2.05, 4.69) is 9.88 Å². The summed E-state index contributed by atoms with van der Waals surface area (Å²) in [4.78, 5) is 8.00. The lowest BCUT2D eigenvalue weighted by Crippen LogP contribution is -2.36. The summed E-state index contributed by atoms with van der Waals surface area (Å²) in [6, 6.07) is 0.133. The summed E-state index contributed by atoms with van der Waals surface area (Å²) in [7, 11) is -1.16. The molecule has 0 amide bonds. The van der Waals surface area contributed by atoms with Crippen LogP contribution in [-0.2, 0) is 21.1 Å². The van der Waals surface area contributed by atoms with Crippen molar-refractivity contribution in [3.63, 3.8) is 0 Å². The number of ether oxygens (including phenoxy) is 1. The minimum absolute atomic E-state index is 0.133. The van der Waals surface area contributed by atoms with Gasteiger partial charge in [0.25, 0.3) is 0 Å². The molecule has 1 aliphatic rings. The Morgan fingerprint density at radius 2 is 2.19 bits per heavy atom. The first kappa shape index (κ1) is 16.9. The topological polar surface area (TPSA) is 59.5 Å². The van der Waals surface area contributed by atoms with Gasteiger partial charge >= 0.3 is 0 Å². The Morgan fingerprint density at radius 3 is 2.71 bits per heavy atom. The van der Waals surface area contributed by atoms with E-state index in [-0.39, 0.29) is 11.8 Å². The van der Waals surface area contributed by atoms with Gasteiger partial charge in [0.15, 0.2) is 9.84 Å². The highest BCUT2D eigenvalue weighted by Crippen LogP contribution is 2.24. The van der Waals surface area contributed by atoms with E-state index in [1.807, 2.05) is 13.8 Å². The summed E-state index contributed by atoms with van der Waals surface area (Å²) < 4.78 is 28.6. The first-order chi connectivity index (χ1) is 9.91. The van der Waals surface area contributed by atoms with Gasteiger partial charge in [-0.3, -0.25) is 4.90 Å². The predicted molar refractivity (Wildman–Crippen MR) is 85.5 cm³/mol. The van der Waals surface area contributed by atoms with E-state index in [0.717, 1.165) is 36.6 Å².